The largest absolute Gasteiger partial charge is 0.511 e. The third kappa shape index (κ3) is 5.93. The fraction of sp³-hybridized carbons (Fsp3) is 0.409. The molecule has 2 rings (SSSR count). The molecule has 0 saturated heterocycles. The van der Waals surface area contributed by atoms with E-state index < -0.39 is 6.16 Å². The molecule has 0 atom stereocenters. The molecule has 0 unspecified atom stereocenters. The Morgan fingerprint density at radius 2 is 1.52 bits per heavy atom. The van der Waals surface area contributed by atoms with Crippen LogP contribution in [0.1, 0.15) is 57.1 Å². The van der Waals surface area contributed by atoms with Crippen LogP contribution in [0.25, 0.3) is 11.1 Å². The number of carbonyl (C=O) groups is 1. The monoisotopic (exact) mass is 340 g/mol. The molecule has 0 aliphatic heterocycles. The molecule has 2 aromatic carbocycles. The van der Waals surface area contributed by atoms with E-state index in [0.29, 0.717) is 5.75 Å². The molecule has 134 valence electrons. The summed E-state index contributed by atoms with van der Waals surface area (Å²) in [7, 11) is 0. The van der Waals surface area contributed by atoms with Gasteiger partial charge in [-0.15, -0.1) is 0 Å². The molecular weight excluding hydrogens is 312 g/mol. The van der Waals surface area contributed by atoms with Crippen molar-refractivity contribution in [3.63, 3.8) is 0 Å². The minimum atomic E-state index is -1.28. The number of hydrogen-bond acceptors (Lipinski definition) is 2. The maximum Gasteiger partial charge on any atom is 0.511 e. The first-order chi connectivity index (χ1) is 12.1. The van der Waals surface area contributed by atoms with Gasteiger partial charge >= 0.3 is 6.16 Å². The molecule has 0 amide bonds. The SMILES string of the molecule is CCCCCc1ccc(OC(=O)O)c(-c2ccc(CCCC)cc2)c1. The zero-order valence-electron chi connectivity index (χ0n) is 15.3. The highest BCUT2D eigenvalue weighted by Crippen LogP contribution is 2.32. The molecule has 0 fully saturated rings. The summed E-state index contributed by atoms with van der Waals surface area (Å²) in [5.41, 5.74) is 4.37. The molecule has 0 aliphatic rings. The minimum Gasteiger partial charge on any atom is -0.449 e. The molecule has 0 spiro atoms. The third-order valence-corrected chi connectivity index (χ3v) is 4.39. The second-order valence-electron chi connectivity index (χ2n) is 6.46. The predicted octanol–water partition coefficient (Wildman–Crippen LogP) is 6.49. The van der Waals surface area contributed by atoms with Crippen molar-refractivity contribution in [1.29, 1.82) is 0 Å². The molecule has 3 heteroatoms. The maximum atomic E-state index is 11.0. The van der Waals surface area contributed by atoms with Crippen molar-refractivity contribution in [1.82, 2.24) is 0 Å². The van der Waals surface area contributed by atoms with E-state index in [1.54, 1.807) is 6.07 Å². The first kappa shape index (κ1) is 19.0. The Labute approximate surface area is 150 Å². The van der Waals surface area contributed by atoms with E-state index in [1.165, 1.54) is 36.8 Å². The highest BCUT2D eigenvalue weighted by Gasteiger charge is 2.11. The number of hydrogen-bond donors (Lipinski definition) is 1. The molecule has 0 radical (unpaired) electrons. The number of aryl methyl sites for hydroxylation is 2. The fourth-order valence-electron chi connectivity index (χ4n) is 2.95. The van der Waals surface area contributed by atoms with Crippen molar-refractivity contribution >= 4 is 6.16 Å². The predicted molar refractivity (Wildman–Crippen MR) is 102 cm³/mol. The van der Waals surface area contributed by atoms with Crippen molar-refractivity contribution in [2.24, 2.45) is 0 Å². The van der Waals surface area contributed by atoms with Crippen LogP contribution < -0.4 is 4.74 Å². The average Bonchev–Trinajstić information content (AvgIpc) is 2.61. The minimum absolute atomic E-state index is 0.396. The first-order valence-electron chi connectivity index (χ1n) is 9.27. The summed E-state index contributed by atoms with van der Waals surface area (Å²) < 4.78 is 4.99. The van der Waals surface area contributed by atoms with Crippen LogP contribution in [0.15, 0.2) is 42.5 Å². The Morgan fingerprint density at radius 3 is 2.16 bits per heavy atom. The van der Waals surface area contributed by atoms with Crippen LogP contribution in [0, 0.1) is 0 Å². The van der Waals surface area contributed by atoms with E-state index >= 15 is 0 Å². The van der Waals surface area contributed by atoms with Crippen molar-refractivity contribution < 1.29 is 14.6 Å². The molecule has 0 bridgehead atoms. The highest BCUT2D eigenvalue weighted by molar-refractivity contribution is 5.75. The van der Waals surface area contributed by atoms with Gasteiger partial charge in [-0.05, 0) is 54.5 Å². The Morgan fingerprint density at radius 1 is 0.880 bits per heavy atom. The summed E-state index contributed by atoms with van der Waals surface area (Å²) in [5, 5.41) is 9.00. The zero-order chi connectivity index (χ0) is 18.1. The lowest BCUT2D eigenvalue weighted by Crippen LogP contribution is -2.04. The molecule has 0 saturated carbocycles. The highest BCUT2D eigenvalue weighted by atomic mass is 16.7. The van der Waals surface area contributed by atoms with Crippen molar-refractivity contribution in [3.8, 4) is 16.9 Å². The van der Waals surface area contributed by atoms with E-state index in [9.17, 15) is 4.79 Å². The normalized spacial score (nSPS) is 10.6. The number of benzene rings is 2. The van der Waals surface area contributed by atoms with Gasteiger partial charge < -0.3 is 9.84 Å². The quantitative estimate of drug-likeness (QED) is 0.322. The van der Waals surface area contributed by atoms with E-state index in [4.69, 9.17) is 9.84 Å². The van der Waals surface area contributed by atoms with Crippen LogP contribution in [0.3, 0.4) is 0 Å². The van der Waals surface area contributed by atoms with Gasteiger partial charge in [0.1, 0.15) is 5.75 Å². The standard InChI is InChI=1S/C22H28O3/c1-3-5-7-9-18-12-15-21(25-22(23)24)20(16-18)19-13-10-17(11-14-19)8-6-4-2/h10-16H,3-9H2,1-2H3,(H,23,24). The van der Waals surface area contributed by atoms with E-state index in [2.05, 4.69) is 44.2 Å². The number of ether oxygens (including phenoxy) is 1. The lowest BCUT2D eigenvalue weighted by molar-refractivity contribution is 0.144. The van der Waals surface area contributed by atoms with E-state index in [1.807, 2.05) is 6.07 Å². The molecule has 0 aromatic heterocycles. The fourth-order valence-corrected chi connectivity index (χ4v) is 2.95. The molecule has 3 nitrogen and oxygen atoms in total. The van der Waals surface area contributed by atoms with Gasteiger partial charge in [0.2, 0.25) is 0 Å². The van der Waals surface area contributed by atoms with Gasteiger partial charge in [-0.3, -0.25) is 0 Å². The van der Waals surface area contributed by atoms with Gasteiger partial charge in [0, 0.05) is 5.56 Å². The summed E-state index contributed by atoms with van der Waals surface area (Å²) in [6, 6.07) is 14.2. The Hall–Kier alpha value is -2.29. The number of carboxylic acid groups (broad SMARTS) is 1. The summed E-state index contributed by atoms with van der Waals surface area (Å²) in [5.74, 6) is 0.396. The van der Waals surface area contributed by atoms with E-state index in [-0.39, 0.29) is 0 Å². The molecule has 1 N–H and O–H groups in total. The van der Waals surface area contributed by atoms with Crippen LogP contribution in [-0.2, 0) is 12.8 Å². The number of rotatable bonds is 9. The van der Waals surface area contributed by atoms with Gasteiger partial charge in [0.25, 0.3) is 0 Å². The summed E-state index contributed by atoms with van der Waals surface area (Å²) in [6.07, 6.45) is 6.69. The third-order valence-electron chi connectivity index (χ3n) is 4.39. The van der Waals surface area contributed by atoms with Crippen molar-refractivity contribution in [2.45, 2.75) is 58.8 Å². The van der Waals surface area contributed by atoms with Crippen molar-refractivity contribution in [2.75, 3.05) is 0 Å². The van der Waals surface area contributed by atoms with Gasteiger partial charge in [0.15, 0.2) is 0 Å². The average molecular weight is 340 g/mol. The molecule has 25 heavy (non-hydrogen) atoms. The molecule has 0 aliphatic carbocycles. The van der Waals surface area contributed by atoms with Crippen LogP contribution in [-0.4, -0.2) is 11.3 Å². The van der Waals surface area contributed by atoms with Crippen LogP contribution in [0.2, 0.25) is 0 Å². The smallest absolute Gasteiger partial charge is 0.449 e. The lowest BCUT2D eigenvalue weighted by atomic mass is 9.97. The molecule has 0 heterocycles. The Kier molecular flexibility index (Phi) is 7.52. The van der Waals surface area contributed by atoms with Crippen molar-refractivity contribution in [3.05, 3.63) is 53.6 Å². The Bertz CT molecular complexity index is 674. The lowest BCUT2D eigenvalue weighted by Gasteiger charge is -2.12. The summed E-state index contributed by atoms with van der Waals surface area (Å²) >= 11 is 0. The number of unbranched alkanes of at least 4 members (excludes halogenated alkanes) is 3. The Balaban J connectivity index is 2.27. The molecule has 2 aromatic rings. The maximum absolute atomic E-state index is 11.0. The van der Waals surface area contributed by atoms with Gasteiger partial charge in [0.05, 0.1) is 0 Å². The topological polar surface area (TPSA) is 46.5 Å². The molecular formula is C22H28O3. The van der Waals surface area contributed by atoms with Crippen LogP contribution in [0.4, 0.5) is 4.79 Å². The van der Waals surface area contributed by atoms with E-state index in [0.717, 1.165) is 30.4 Å². The van der Waals surface area contributed by atoms with Gasteiger partial charge in [-0.2, -0.15) is 0 Å². The van der Waals surface area contributed by atoms with Crippen LogP contribution >= 0.6 is 0 Å². The van der Waals surface area contributed by atoms with Gasteiger partial charge in [-0.1, -0.05) is 63.4 Å². The zero-order valence-corrected chi connectivity index (χ0v) is 15.3. The van der Waals surface area contributed by atoms with Crippen LogP contribution in [0.5, 0.6) is 5.75 Å². The second-order valence-corrected chi connectivity index (χ2v) is 6.46. The first-order valence-corrected chi connectivity index (χ1v) is 9.27. The van der Waals surface area contributed by atoms with Gasteiger partial charge in [-0.25, -0.2) is 4.79 Å². The second kappa shape index (κ2) is 9.87. The summed E-state index contributed by atoms with van der Waals surface area (Å²) in [4.78, 5) is 11.0. The summed E-state index contributed by atoms with van der Waals surface area (Å²) in [6.45, 7) is 4.38.